The van der Waals surface area contributed by atoms with Crippen LogP contribution >= 0.6 is 0 Å². The second-order valence-electron chi connectivity index (χ2n) is 5.71. The smallest absolute Gasteiger partial charge is 0.233 e. The van der Waals surface area contributed by atoms with Crippen molar-refractivity contribution in [3.05, 3.63) is 52.9 Å². The van der Waals surface area contributed by atoms with Crippen LogP contribution < -0.4 is 5.32 Å². The predicted molar refractivity (Wildman–Crippen MR) is 87.0 cm³/mol. The monoisotopic (exact) mass is 346 g/mol. The van der Waals surface area contributed by atoms with Gasteiger partial charge >= 0.3 is 0 Å². The van der Waals surface area contributed by atoms with Crippen molar-refractivity contribution in [2.75, 3.05) is 5.32 Å². The van der Waals surface area contributed by atoms with Gasteiger partial charge in [0, 0.05) is 11.6 Å². The van der Waals surface area contributed by atoms with Gasteiger partial charge in [-0.05, 0) is 32.9 Å². The molecule has 0 aliphatic heterocycles. The molecule has 3 rings (SSSR count). The number of carbonyl (C=O) groups excluding carboxylic acids is 1. The van der Waals surface area contributed by atoms with E-state index in [1.165, 1.54) is 12.1 Å². The first kappa shape index (κ1) is 16.8. The molecule has 2 heterocycles. The van der Waals surface area contributed by atoms with E-state index in [0.717, 1.165) is 12.1 Å². The quantitative estimate of drug-likeness (QED) is 0.754. The predicted octanol–water partition coefficient (Wildman–Crippen LogP) is 3.70. The minimum atomic E-state index is -0.717. The maximum atomic E-state index is 13.8. The molecule has 1 aromatic carbocycles. The normalized spacial score (nSPS) is 12.2. The summed E-state index contributed by atoms with van der Waals surface area (Å²) in [6.07, 6.45) is 0. The number of hydrogen-bond acceptors (Lipinski definition) is 4. The van der Waals surface area contributed by atoms with Gasteiger partial charge in [0.05, 0.1) is 22.9 Å². The molecule has 0 radical (unpaired) electrons. The molecule has 0 spiro atoms. The lowest BCUT2D eigenvalue weighted by Gasteiger charge is -2.10. The Morgan fingerprint density at radius 1 is 1.28 bits per heavy atom. The van der Waals surface area contributed by atoms with E-state index in [1.54, 1.807) is 20.8 Å². The van der Waals surface area contributed by atoms with Crippen molar-refractivity contribution in [1.82, 2.24) is 15.4 Å². The summed E-state index contributed by atoms with van der Waals surface area (Å²) in [5, 5.41) is 12.9. The molecule has 6 nitrogen and oxygen atoms in total. The Hall–Kier alpha value is -3.03. The summed E-state index contributed by atoms with van der Waals surface area (Å²) < 4.78 is 32.7. The molecule has 3 aromatic rings. The van der Waals surface area contributed by atoms with Gasteiger partial charge in [0.1, 0.15) is 17.4 Å². The first-order valence-electron chi connectivity index (χ1n) is 7.62. The van der Waals surface area contributed by atoms with E-state index < -0.39 is 17.6 Å². The average Bonchev–Trinajstić information content (AvgIpc) is 3.13. The molecule has 130 valence electrons. The lowest BCUT2D eigenvalue weighted by molar-refractivity contribution is -0.117. The summed E-state index contributed by atoms with van der Waals surface area (Å²) in [6.45, 7) is 5.20. The Kier molecular flexibility index (Phi) is 4.35. The fourth-order valence-corrected chi connectivity index (χ4v) is 2.74. The van der Waals surface area contributed by atoms with Gasteiger partial charge in [-0.1, -0.05) is 11.2 Å². The molecule has 0 saturated heterocycles. The third-order valence-electron chi connectivity index (χ3n) is 3.98. The molecule has 0 saturated carbocycles. The van der Waals surface area contributed by atoms with Crippen molar-refractivity contribution in [3.63, 3.8) is 0 Å². The van der Waals surface area contributed by atoms with Crippen molar-refractivity contribution in [1.29, 1.82) is 0 Å². The highest BCUT2D eigenvalue weighted by atomic mass is 19.1. The van der Waals surface area contributed by atoms with E-state index in [-0.39, 0.29) is 23.0 Å². The SMILES string of the molecule is Cc1noc(C)c1[C@@H](C)C(=O)Nc1cc(-c2c(F)cccc2F)[nH]n1. The molecule has 0 fully saturated rings. The van der Waals surface area contributed by atoms with Gasteiger partial charge in [0.2, 0.25) is 5.91 Å². The number of aromatic nitrogens is 3. The van der Waals surface area contributed by atoms with Gasteiger partial charge in [-0.25, -0.2) is 8.78 Å². The van der Waals surface area contributed by atoms with E-state index >= 15 is 0 Å². The lowest BCUT2D eigenvalue weighted by Crippen LogP contribution is -2.20. The fourth-order valence-electron chi connectivity index (χ4n) is 2.74. The third-order valence-corrected chi connectivity index (χ3v) is 3.98. The van der Waals surface area contributed by atoms with Crippen LogP contribution in [0.25, 0.3) is 11.3 Å². The highest BCUT2D eigenvalue weighted by Gasteiger charge is 2.24. The van der Waals surface area contributed by atoms with Crippen LogP contribution in [0.4, 0.5) is 14.6 Å². The molecule has 0 bridgehead atoms. The number of aryl methyl sites for hydroxylation is 2. The first-order chi connectivity index (χ1) is 11.9. The lowest BCUT2D eigenvalue weighted by atomic mass is 9.99. The highest BCUT2D eigenvalue weighted by molar-refractivity contribution is 5.95. The van der Waals surface area contributed by atoms with Gasteiger partial charge in [0.25, 0.3) is 0 Å². The number of amides is 1. The average molecular weight is 346 g/mol. The molecule has 1 atom stereocenters. The van der Waals surface area contributed by atoms with Crippen LogP contribution in [-0.2, 0) is 4.79 Å². The Balaban J connectivity index is 1.81. The van der Waals surface area contributed by atoms with Crippen molar-refractivity contribution >= 4 is 11.7 Å². The van der Waals surface area contributed by atoms with Crippen LogP contribution in [0.1, 0.15) is 29.9 Å². The molecule has 0 aliphatic carbocycles. The van der Waals surface area contributed by atoms with E-state index in [4.69, 9.17) is 4.52 Å². The first-order valence-corrected chi connectivity index (χ1v) is 7.62. The van der Waals surface area contributed by atoms with Gasteiger partial charge in [0.15, 0.2) is 5.82 Å². The molecular weight excluding hydrogens is 330 g/mol. The van der Waals surface area contributed by atoms with Gasteiger partial charge in [-0.2, -0.15) is 5.10 Å². The zero-order valence-electron chi connectivity index (χ0n) is 13.9. The number of benzene rings is 1. The van der Waals surface area contributed by atoms with Crippen molar-refractivity contribution in [2.45, 2.75) is 26.7 Å². The Morgan fingerprint density at radius 3 is 2.56 bits per heavy atom. The van der Waals surface area contributed by atoms with Crippen LogP contribution in [0, 0.1) is 25.5 Å². The molecule has 2 N–H and O–H groups in total. The van der Waals surface area contributed by atoms with Crippen molar-refractivity contribution < 1.29 is 18.1 Å². The van der Waals surface area contributed by atoms with Crippen LogP contribution in [0.15, 0.2) is 28.8 Å². The van der Waals surface area contributed by atoms with Crippen molar-refractivity contribution in [2.24, 2.45) is 0 Å². The number of halogens is 2. The minimum Gasteiger partial charge on any atom is -0.361 e. The molecular formula is C17H16F2N4O2. The number of nitrogens with one attached hydrogen (secondary N) is 2. The Bertz CT molecular complexity index is 893. The summed E-state index contributed by atoms with van der Waals surface area (Å²) >= 11 is 0. The van der Waals surface area contributed by atoms with E-state index in [2.05, 4.69) is 20.7 Å². The molecule has 25 heavy (non-hydrogen) atoms. The zero-order chi connectivity index (χ0) is 18.1. The Labute approximate surface area is 142 Å². The van der Waals surface area contributed by atoms with Crippen LogP contribution in [0.2, 0.25) is 0 Å². The topological polar surface area (TPSA) is 83.8 Å². The largest absolute Gasteiger partial charge is 0.361 e. The highest BCUT2D eigenvalue weighted by Crippen LogP contribution is 2.27. The fraction of sp³-hybridized carbons (Fsp3) is 0.235. The second kappa shape index (κ2) is 6.46. The summed E-state index contributed by atoms with van der Waals surface area (Å²) in [5.74, 6) is -1.55. The molecule has 1 amide bonds. The summed E-state index contributed by atoms with van der Waals surface area (Å²) in [5.41, 5.74) is 1.25. The van der Waals surface area contributed by atoms with Gasteiger partial charge in [-0.15, -0.1) is 0 Å². The molecule has 2 aromatic heterocycles. The summed E-state index contributed by atoms with van der Waals surface area (Å²) in [7, 11) is 0. The van der Waals surface area contributed by atoms with E-state index in [9.17, 15) is 13.6 Å². The van der Waals surface area contributed by atoms with Crippen LogP contribution in [-0.4, -0.2) is 21.3 Å². The number of anilines is 1. The van der Waals surface area contributed by atoms with Crippen molar-refractivity contribution in [3.8, 4) is 11.3 Å². The third kappa shape index (κ3) is 3.15. The number of aromatic amines is 1. The minimum absolute atomic E-state index is 0.135. The molecule has 8 heteroatoms. The summed E-state index contributed by atoms with van der Waals surface area (Å²) in [4.78, 5) is 12.4. The van der Waals surface area contributed by atoms with Crippen LogP contribution in [0.5, 0.6) is 0 Å². The standard InChI is InChI=1S/C17H16F2N4O2/c1-8(15-9(2)23-25-10(15)3)17(24)20-14-7-13(21-22-14)16-11(18)5-4-6-12(16)19/h4-8H,1-3H3,(H2,20,21,22,24)/t8-/m1/s1. The molecule has 0 aliphatic rings. The number of H-pyrrole nitrogens is 1. The maximum absolute atomic E-state index is 13.8. The molecule has 0 unspecified atom stereocenters. The number of nitrogens with zero attached hydrogens (tertiary/aromatic N) is 2. The van der Waals surface area contributed by atoms with Gasteiger partial charge in [-0.3, -0.25) is 9.89 Å². The van der Waals surface area contributed by atoms with Gasteiger partial charge < -0.3 is 9.84 Å². The second-order valence-corrected chi connectivity index (χ2v) is 5.71. The van der Waals surface area contributed by atoms with E-state index in [0.29, 0.717) is 17.0 Å². The number of carbonyl (C=O) groups is 1. The number of hydrogen-bond donors (Lipinski definition) is 2. The summed E-state index contributed by atoms with van der Waals surface area (Å²) in [6, 6.07) is 4.95. The van der Waals surface area contributed by atoms with Crippen LogP contribution in [0.3, 0.4) is 0 Å². The Morgan fingerprint density at radius 2 is 1.96 bits per heavy atom. The van der Waals surface area contributed by atoms with E-state index in [1.807, 2.05) is 0 Å². The maximum Gasteiger partial charge on any atom is 0.233 e. The number of rotatable bonds is 4. The zero-order valence-corrected chi connectivity index (χ0v) is 13.9.